The maximum absolute atomic E-state index is 11.7. The predicted octanol–water partition coefficient (Wildman–Crippen LogP) is 2.61. The van der Waals surface area contributed by atoms with Gasteiger partial charge in [0.1, 0.15) is 0 Å². The lowest BCUT2D eigenvalue weighted by Crippen LogP contribution is -2.16. The Labute approximate surface area is 95.7 Å². The summed E-state index contributed by atoms with van der Waals surface area (Å²) in [4.78, 5) is 11.7. The molecule has 1 aromatic carbocycles. The number of pyridine rings is 1. The van der Waals surface area contributed by atoms with Crippen LogP contribution in [0.2, 0.25) is 0 Å². The van der Waals surface area contributed by atoms with Crippen molar-refractivity contribution in [1.82, 2.24) is 4.57 Å². The van der Waals surface area contributed by atoms with Crippen LogP contribution in [0.3, 0.4) is 0 Å². The van der Waals surface area contributed by atoms with Crippen molar-refractivity contribution in [2.24, 2.45) is 7.05 Å². The molecule has 3 heteroatoms. The second-order valence-corrected chi connectivity index (χ2v) is 3.25. The minimum atomic E-state index is 0.0413. The molecule has 1 heterocycles. The van der Waals surface area contributed by atoms with E-state index in [1.165, 1.54) is 0 Å². The quantitative estimate of drug-likeness (QED) is 0.798. The maximum Gasteiger partial charge on any atom is 0.258 e. The zero-order valence-electron chi connectivity index (χ0n) is 10.2. The summed E-state index contributed by atoms with van der Waals surface area (Å²) < 4.78 is 1.59. The number of benzene rings is 1. The van der Waals surface area contributed by atoms with Crippen molar-refractivity contribution in [3.63, 3.8) is 0 Å². The predicted molar refractivity (Wildman–Crippen MR) is 70.1 cm³/mol. The van der Waals surface area contributed by atoms with Crippen LogP contribution < -0.4 is 10.9 Å². The first-order chi connectivity index (χ1) is 7.74. The Kier molecular flexibility index (Phi) is 4.11. The van der Waals surface area contributed by atoms with Crippen LogP contribution in [0.4, 0.5) is 5.69 Å². The third kappa shape index (κ3) is 2.08. The molecule has 0 atom stereocenters. The number of aryl methyl sites for hydroxylation is 1. The molecule has 16 heavy (non-hydrogen) atoms. The highest BCUT2D eigenvalue weighted by Crippen LogP contribution is 2.18. The lowest BCUT2D eigenvalue weighted by molar-refractivity contribution is 0.874. The number of nitrogens with zero attached hydrogens (tertiary/aromatic N) is 1. The van der Waals surface area contributed by atoms with Gasteiger partial charge in [-0.2, -0.15) is 0 Å². The van der Waals surface area contributed by atoms with Crippen molar-refractivity contribution in [2.45, 2.75) is 13.8 Å². The van der Waals surface area contributed by atoms with Gasteiger partial charge >= 0.3 is 0 Å². The van der Waals surface area contributed by atoms with Crippen molar-refractivity contribution in [1.29, 1.82) is 0 Å². The van der Waals surface area contributed by atoms with Crippen molar-refractivity contribution < 1.29 is 0 Å². The standard InChI is InChI=1S/C11H12N2O.C2H6/c1-12-10-7-13(2)11(14)9-6-4-3-5-8(9)10;1-2/h3-7,12H,1-2H3;1-2H3. The van der Waals surface area contributed by atoms with E-state index in [0.29, 0.717) is 0 Å². The Hall–Kier alpha value is -1.77. The van der Waals surface area contributed by atoms with E-state index in [1.54, 1.807) is 11.6 Å². The average Bonchev–Trinajstić information content (AvgIpc) is 2.36. The van der Waals surface area contributed by atoms with E-state index in [9.17, 15) is 4.79 Å². The molecular weight excluding hydrogens is 200 g/mol. The van der Waals surface area contributed by atoms with Crippen LogP contribution in [0.25, 0.3) is 10.8 Å². The molecular formula is C13H18N2O. The summed E-state index contributed by atoms with van der Waals surface area (Å²) in [5, 5.41) is 4.80. The second-order valence-electron chi connectivity index (χ2n) is 3.25. The second kappa shape index (κ2) is 5.35. The minimum absolute atomic E-state index is 0.0413. The van der Waals surface area contributed by atoms with E-state index in [-0.39, 0.29) is 5.56 Å². The van der Waals surface area contributed by atoms with Gasteiger partial charge in [0.15, 0.2) is 0 Å². The number of hydrogen-bond donors (Lipinski definition) is 1. The third-order valence-electron chi connectivity index (χ3n) is 2.36. The number of fused-ring (bicyclic) bond motifs is 1. The molecule has 0 unspecified atom stereocenters. The first-order valence-corrected chi connectivity index (χ1v) is 5.50. The number of anilines is 1. The minimum Gasteiger partial charge on any atom is -0.386 e. The number of hydrogen-bond acceptors (Lipinski definition) is 2. The lowest BCUT2D eigenvalue weighted by Gasteiger charge is -2.07. The summed E-state index contributed by atoms with van der Waals surface area (Å²) in [6.45, 7) is 4.00. The Balaban J connectivity index is 0.000000606. The molecule has 0 aliphatic heterocycles. The summed E-state index contributed by atoms with van der Waals surface area (Å²) >= 11 is 0. The van der Waals surface area contributed by atoms with Crippen LogP contribution in [0.5, 0.6) is 0 Å². The SMILES string of the molecule is CC.CNc1cn(C)c(=O)c2ccccc12. The fraction of sp³-hybridized carbons (Fsp3) is 0.308. The molecule has 0 aliphatic carbocycles. The smallest absolute Gasteiger partial charge is 0.258 e. The van der Waals surface area contributed by atoms with Crippen LogP contribution in [-0.2, 0) is 7.05 Å². The molecule has 3 nitrogen and oxygen atoms in total. The fourth-order valence-corrected chi connectivity index (χ4v) is 1.62. The number of nitrogens with one attached hydrogen (secondary N) is 1. The van der Waals surface area contributed by atoms with E-state index >= 15 is 0 Å². The molecule has 1 aromatic heterocycles. The van der Waals surface area contributed by atoms with E-state index in [1.807, 2.05) is 51.4 Å². The number of rotatable bonds is 1. The van der Waals surface area contributed by atoms with Gasteiger partial charge in [0.05, 0.1) is 5.69 Å². The molecule has 0 saturated heterocycles. The van der Waals surface area contributed by atoms with Gasteiger partial charge < -0.3 is 9.88 Å². The van der Waals surface area contributed by atoms with Gasteiger partial charge in [-0.05, 0) is 6.07 Å². The molecule has 0 fully saturated rings. The van der Waals surface area contributed by atoms with E-state index in [0.717, 1.165) is 16.5 Å². The van der Waals surface area contributed by atoms with E-state index in [4.69, 9.17) is 0 Å². The molecule has 2 aromatic rings. The Morgan fingerprint density at radius 2 is 1.69 bits per heavy atom. The zero-order valence-corrected chi connectivity index (χ0v) is 10.2. The largest absolute Gasteiger partial charge is 0.386 e. The molecule has 86 valence electrons. The average molecular weight is 218 g/mol. The first-order valence-electron chi connectivity index (χ1n) is 5.50. The summed E-state index contributed by atoms with van der Waals surface area (Å²) in [6, 6.07) is 7.60. The monoisotopic (exact) mass is 218 g/mol. The van der Waals surface area contributed by atoms with Crippen LogP contribution in [-0.4, -0.2) is 11.6 Å². The summed E-state index contributed by atoms with van der Waals surface area (Å²) in [7, 11) is 3.61. The Morgan fingerprint density at radius 3 is 2.25 bits per heavy atom. The maximum atomic E-state index is 11.7. The molecule has 2 rings (SSSR count). The van der Waals surface area contributed by atoms with Crippen LogP contribution >= 0.6 is 0 Å². The fourth-order valence-electron chi connectivity index (χ4n) is 1.62. The summed E-state index contributed by atoms with van der Waals surface area (Å²) in [5.74, 6) is 0. The lowest BCUT2D eigenvalue weighted by atomic mass is 10.1. The van der Waals surface area contributed by atoms with Gasteiger partial charge in [-0.1, -0.05) is 32.0 Å². The molecule has 0 saturated carbocycles. The van der Waals surface area contributed by atoms with Gasteiger partial charge in [0.2, 0.25) is 0 Å². The molecule has 0 spiro atoms. The first kappa shape index (κ1) is 12.3. The van der Waals surface area contributed by atoms with Crippen molar-refractivity contribution in [3.8, 4) is 0 Å². The van der Waals surface area contributed by atoms with E-state index < -0.39 is 0 Å². The topological polar surface area (TPSA) is 34.0 Å². The zero-order chi connectivity index (χ0) is 12.1. The van der Waals surface area contributed by atoms with Crippen molar-refractivity contribution in [3.05, 3.63) is 40.8 Å². The van der Waals surface area contributed by atoms with Gasteiger partial charge in [0, 0.05) is 31.1 Å². The molecule has 0 amide bonds. The van der Waals surface area contributed by atoms with Gasteiger partial charge in [-0.25, -0.2) is 0 Å². The van der Waals surface area contributed by atoms with Crippen LogP contribution in [0.1, 0.15) is 13.8 Å². The normalized spacial score (nSPS) is 9.50. The number of aromatic nitrogens is 1. The molecule has 0 bridgehead atoms. The van der Waals surface area contributed by atoms with Crippen LogP contribution in [0, 0.1) is 0 Å². The molecule has 0 aliphatic rings. The van der Waals surface area contributed by atoms with E-state index in [2.05, 4.69) is 5.32 Å². The highest BCUT2D eigenvalue weighted by Gasteiger charge is 2.03. The Bertz CT molecular complexity index is 529. The molecule has 1 N–H and O–H groups in total. The molecule has 0 radical (unpaired) electrons. The Morgan fingerprint density at radius 1 is 1.12 bits per heavy atom. The highest BCUT2D eigenvalue weighted by atomic mass is 16.1. The summed E-state index contributed by atoms with van der Waals surface area (Å²) in [6.07, 6.45) is 1.81. The summed E-state index contributed by atoms with van der Waals surface area (Å²) in [5.41, 5.74) is 1.02. The van der Waals surface area contributed by atoms with Gasteiger partial charge in [-0.3, -0.25) is 4.79 Å². The third-order valence-corrected chi connectivity index (χ3v) is 2.36. The van der Waals surface area contributed by atoms with Gasteiger partial charge in [0.25, 0.3) is 5.56 Å². The van der Waals surface area contributed by atoms with Gasteiger partial charge in [-0.15, -0.1) is 0 Å². The van der Waals surface area contributed by atoms with Crippen molar-refractivity contribution in [2.75, 3.05) is 12.4 Å². The van der Waals surface area contributed by atoms with Crippen LogP contribution in [0.15, 0.2) is 35.3 Å². The van der Waals surface area contributed by atoms with Crippen molar-refractivity contribution >= 4 is 16.5 Å². The highest BCUT2D eigenvalue weighted by molar-refractivity contribution is 5.92.